The lowest BCUT2D eigenvalue weighted by Gasteiger charge is -2.36. The number of carbonyl (C=O) groups excluding carboxylic acids is 2. The van der Waals surface area contributed by atoms with Crippen LogP contribution in [-0.2, 0) is 9.53 Å². The maximum absolute atomic E-state index is 12.9. The number of carbonyl (C=O) groups is 2. The van der Waals surface area contributed by atoms with E-state index in [1.807, 2.05) is 0 Å². The molecule has 1 saturated heterocycles. The van der Waals surface area contributed by atoms with Gasteiger partial charge in [-0.05, 0) is 50.5 Å². The van der Waals surface area contributed by atoms with E-state index in [9.17, 15) is 14.0 Å². The second kappa shape index (κ2) is 8.65. The molecule has 0 atom stereocenters. The van der Waals surface area contributed by atoms with E-state index in [2.05, 4.69) is 0 Å². The van der Waals surface area contributed by atoms with E-state index >= 15 is 0 Å². The monoisotopic (exact) mass is 348 g/mol. The minimum atomic E-state index is -0.320. The zero-order chi connectivity index (χ0) is 18.4. The topological polar surface area (TPSA) is 49.9 Å². The van der Waals surface area contributed by atoms with E-state index in [0.29, 0.717) is 25.3 Å². The first-order chi connectivity index (χ1) is 11.9. The zero-order valence-electron chi connectivity index (χ0n) is 15.0. The molecule has 0 aromatic heterocycles. The van der Waals surface area contributed by atoms with Crippen LogP contribution in [0.2, 0.25) is 0 Å². The minimum absolute atomic E-state index is 0.0263. The van der Waals surface area contributed by atoms with Crippen LogP contribution in [0.15, 0.2) is 29.8 Å². The predicted octanol–water partition coefficient (Wildman–Crippen LogP) is 3.31. The number of rotatable bonds is 4. The zero-order valence-corrected chi connectivity index (χ0v) is 15.0. The highest BCUT2D eigenvalue weighted by atomic mass is 19.1. The van der Waals surface area contributed by atoms with Crippen LogP contribution in [0.1, 0.15) is 32.3 Å². The molecule has 5 nitrogen and oxygen atoms in total. The number of likely N-dealkylation sites (tertiary alicyclic amines) is 1. The van der Waals surface area contributed by atoms with Crippen molar-refractivity contribution in [3.8, 4) is 0 Å². The second-order valence-electron chi connectivity index (χ2n) is 6.21. The van der Waals surface area contributed by atoms with Gasteiger partial charge in [0.05, 0.1) is 6.61 Å². The average molecular weight is 348 g/mol. The highest BCUT2D eigenvalue weighted by Crippen LogP contribution is 2.19. The number of benzene rings is 1. The Morgan fingerprint density at radius 1 is 1.28 bits per heavy atom. The summed E-state index contributed by atoms with van der Waals surface area (Å²) >= 11 is 0. The molecule has 2 rings (SSSR count). The lowest BCUT2D eigenvalue weighted by Crippen LogP contribution is -2.47. The third-order valence-electron chi connectivity index (χ3n) is 4.45. The summed E-state index contributed by atoms with van der Waals surface area (Å²) in [6.07, 6.45) is 2.90. The highest BCUT2D eigenvalue weighted by molar-refractivity contribution is 5.97. The summed E-state index contributed by atoms with van der Waals surface area (Å²) < 4.78 is 18.0. The number of hydrogen-bond donors (Lipinski definition) is 0. The van der Waals surface area contributed by atoms with Gasteiger partial charge in [0.25, 0.3) is 0 Å². The molecule has 0 saturated carbocycles. The molecule has 25 heavy (non-hydrogen) atoms. The van der Waals surface area contributed by atoms with Crippen LogP contribution in [0.3, 0.4) is 0 Å². The number of piperidine rings is 1. The van der Waals surface area contributed by atoms with Crippen LogP contribution in [0, 0.1) is 5.82 Å². The van der Waals surface area contributed by atoms with E-state index in [1.54, 1.807) is 48.9 Å². The SMILES string of the molecule is CCOC(=O)N(C)C1CCN(C(=O)/C(C)=C/c2ccc(F)cc2)CC1. The third-order valence-corrected chi connectivity index (χ3v) is 4.45. The summed E-state index contributed by atoms with van der Waals surface area (Å²) in [5, 5.41) is 0. The number of halogens is 1. The number of nitrogens with zero attached hydrogens (tertiary/aromatic N) is 2. The molecule has 1 aromatic carbocycles. The molecule has 1 aliphatic heterocycles. The summed E-state index contributed by atoms with van der Waals surface area (Å²) in [5.74, 6) is -0.324. The van der Waals surface area contributed by atoms with Gasteiger partial charge >= 0.3 is 6.09 Å². The van der Waals surface area contributed by atoms with Crippen LogP contribution in [0.5, 0.6) is 0 Å². The van der Waals surface area contributed by atoms with Gasteiger partial charge in [-0.15, -0.1) is 0 Å². The van der Waals surface area contributed by atoms with E-state index < -0.39 is 0 Å². The first-order valence-corrected chi connectivity index (χ1v) is 8.55. The van der Waals surface area contributed by atoms with Gasteiger partial charge < -0.3 is 14.5 Å². The summed E-state index contributed by atoms with van der Waals surface area (Å²) in [7, 11) is 1.74. The number of ether oxygens (including phenoxy) is 1. The molecule has 0 N–H and O–H groups in total. The van der Waals surface area contributed by atoms with E-state index in [4.69, 9.17) is 4.74 Å². The molecule has 136 valence electrons. The van der Waals surface area contributed by atoms with Crippen molar-refractivity contribution in [2.75, 3.05) is 26.7 Å². The van der Waals surface area contributed by atoms with Crippen molar-refractivity contribution in [3.63, 3.8) is 0 Å². The molecular formula is C19H25FN2O3. The number of hydrogen-bond acceptors (Lipinski definition) is 3. The molecule has 1 aliphatic rings. The van der Waals surface area contributed by atoms with Gasteiger partial charge in [-0.3, -0.25) is 4.79 Å². The third kappa shape index (κ3) is 5.05. The first kappa shape index (κ1) is 19.0. The normalized spacial score (nSPS) is 15.8. The molecular weight excluding hydrogens is 323 g/mol. The molecule has 0 aliphatic carbocycles. The van der Waals surface area contributed by atoms with Gasteiger partial charge in [0.1, 0.15) is 5.82 Å². The van der Waals surface area contributed by atoms with Gasteiger partial charge in [0, 0.05) is 31.8 Å². The highest BCUT2D eigenvalue weighted by Gasteiger charge is 2.28. The minimum Gasteiger partial charge on any atom is -0.450 e. The molecule has 0 spiro atoms. The van der Waals surface area contributed by atoms with E-state index in [-0.39, 0.29) is 23.9 Å². The fourth-order valence-electron chi connectivity index (χ4n) is 2.95. The lowest BCUT2D eigenvalue weighted by atomic mass is 10.0. The summed E-state index contributed by atoms with van der Waals surface area (Å²) in [6.45, 7) is 5.10. The van der Waals surface area contributed by atoms with Gasteiger partial charge in [-0.25, -0.2) is 9.18 Å². The average Bonchev–Trinajstić information content (AvgIpc) is 2.62. The Balaban J connectivity index is 1.92. The molecule has 1 heterocycles. The van der Waals surface area contributed by atoms with Gasteiger partial charge in [0.15, 0.2) is 0 Å². The summed E-state index contributed by atoms with van der Waals surface area (Å²) in [6, 6.07) is 6.13. The smallest absolute Gasteiger partial charge is 0.409 e. The van der Waals surface area contributed by atoms with Gasteiger partial charge in [-0.1, -0.05) is 12.1 Å². The van der Waals surface area contributed by atoms with Crippen molar-refractivity contribution in [2.45, 2.75) is 32.7 Å². The first-order valence-electron chi connectivity index (χ1n) is 8.55. The molecule has 0 bridgehead atoms. The summed E-state index contributed by atoms with van der Waals surface area (Å²) in [5.41, 5.74) is 1.41. The number of amides is 2. The largest absolute Gasteiger partial charge is 0.450 e. The van der Waals surface area contributed by atoms with Crippen LogP contribution in [0.25, 0.3) is 6.08 Å². The fraction of sp³-hybridized carbons (Fsp3) is 0.474. The van der Waals surface area contributed by atoms with E-state index in [1.165, 1.54) is 12.1 Å². The van der Waals surface area contributed by atoms with Crippen LogP contribution < -0.4 is 0 Å². The van der Waals surface area contributed by atoms with Gasteiger partial charge in [0.2, 0.25) is 5.91 Å². The maximum Gasteiger partial charge on any atom is 0.409 e. The van der Waals surface area contributed by atoms with Gasteiger partial charge in [-0.2, -0.15) is 0 Å². The summed E-state index contributed by atoms with van der Waals surface area (Å²) in [4.78, 5) is 27.8. The van der Waals surface area contributed by atoms with Crippen molar-refractivity contribution in [1.29, 1.82) is 0 Å². The van der Waals surface area contributed by atoms with E-state index in [0.717, 1.165) is 18.4 Å². The molecule has 0 unspecified atom stereocenters. The Hall–Kier alpha value is -2.37. The Morgan fingerprint density at radius 2 is 1.88 bits per heavy atom. The quantitative estimate of drug-likeness (QED) is 0.785. The molecule has 0 radical (unpaired) electrons. The molecule has 6 heteroatoms. The van der Waals surface area contributed by atoms with Crippen molar-refractivity contribution in [3.05, 3.63) is 41.2 Å². The predicted molar refractivity (Wildman–Crippen MR) is 94.4 cm³/mol. The fourth-order valence-corrected chi connectivity index (χ4v) is 2.95. The lowest BCUT2D eigenvalue weighted by molar-refractivity contribution is -0.128. The standard InChI is InChI=1S/C19H25FN2O3/c1-4-25-19(24)21(3)17-9-11-22(12-10-17)18(23)14(2)13-15-5-7-16(20)8-6-15/h5-8,13,17H,4,9-12H2,1-3H3/b14-13+. The molecule has 1 aromatic rings. The van der Waals surface area contributed by atoms with Crippen molar-refractivity contribution >= 4 is 18.1 Å². The van der Waals surface area contributed by atoms with Crippen molar-refractivity contribution in [2.24, 2.45) is 0 Å². The Kier molecular flexibility index (Phi) is 6.56. The Morgan fingerprint density at radius 3 is 2.44 bits per heavy atom. The Bertz CT molecular complexity index is 635. The van der Waals surface area contributed by atoms with Crippen LogP contribution in [-0.4, -0.2) is 54.6 Å². The maximum atomic E-state index is 12.9. The molecule has 1 fully saturated rings. The second-order valence-corrected chi connectivity index (χ2v) is 6.21. The van der Waals surface area contributed by atoms with Crippen molar-refractivity contribution < 1.29 is 18.7 Å². The van der Waals surface area contributed by atoms with Crippen molar-refractivity contribution in [1.82, 2.24) is 9.80 Å². The molecule has 2 amide bonds. The van der Waals surface area contributed by atoms with Crippen LogP contribution >= 0.6 is 0 Å². The van der Waals surface area contributed by atoms with Crippen LogP contribution in [0.4, 0.5) is 9.18 Å². The Labute approximate surface area is 148 Å².